The molecule has 0 spiro atoms. The van der Waals surface area contributed by atoms with E-state index in [1.807, 2.05) is 0 Å². The molecule has 0 rings (SSSR count). The number of carbonyl (C=O) groups excluding carboxylic acids is 1. The molecule has 0 aliphatic rings. The summed E-state index contributed by atoms with van der Waals surface area (Å²) in [4.78, 5) is 11.3. The van der Waals surface area contributed by atoms with E-state index in [2.05, 4.69) is 13.5 Å². The molecule has 0 aliphatic heterocycles. The van der Waals surface area contributed by atoms with Gasteiger partial charge in [0.05, 0.1) is 5.92 Å². The number of esters is 1. The molecule has 22 heavy (non-hydrogen) atoms. The zero-order valence-electron chi connectivity index (χ0n) is 14.6. The molecular weight excluding hydrogens is 284 g/mol. The molecule has 0 aromatic heterocycles. The molecule has 130 valence electrons. The van der Waals surface area contributed by atoms with Gasteiger partial charge in [-0.25, -0.2) is 4.79 Å². The monoisotopic (exact) mass is 316 g/mol. The first-order valence-corrected chi connectivity index (χ1v) is 8.04. The number of unbranched alkanes of at least 4 members (excludes halogenated alkanes) is 5. The van der Waals surface area contributed by atoms with Crippen molar-refractivity contribution in [3.8, 4) is 0 Å². The van der Waals surface area contributed by atoms with Crippen molar-refractivity contribution in [2.24, 2.45) is 5.92 Å². The van der Waals surface area contributed by atoms with E-state index in [0.717, 1.165) is 25.3 Å². The number of hydrogen-bond acceptors (Lipinski definition) is 5. The van der Waals surface area contributed by atoms with E-state index in [1.54, 1.807) is 0 Å². The molecule has 0 fully saturated rings. The van der Waals surface area contributed by atoms with Crippen LogP contribution >= 0.6 is 0 Å². The van der Waals surface area contributed by atoms with Crippen LogP contribution in [0.25, 0.3) is 0 Å². The van der Waals surface area contributed by atoms with Gasteiger partial charge in [-0.15, -0.1) is 0 Å². The number of ether oxygens (including phenoxy) is 4. The second kappa shape index (κ2) is 12.6. The molecule has 5 heteroatoms. The van der Waals surface area contributed by atoms with Gasteiger partial charge >= 0.3 is 5.97 Å². The lowest BCUT2D eigenvalue weighted by molar-refractivity contribution is -0.382. The highest BCUT2D eigenvalue weighted by Crippen LogP contribution is 2.29. The van der Waals surface area contributed by atoms with Gasteiger partial charge in [-0.3, -0.25) is 0 Å². The molecule has 0 radical (unpaired) electrons. The summed E-state index contributed by atoms with van der Waals surface area (Å²) in [6.45, 7) is 5.78. The largest absolute Gasteiger partial charge is 0.462 e. The summed E-state index contributed by atoms with van der Waals surface area (Å²) in [7, 11) is 4.57. The first kappa shape index (κ1) is 21.1. The van der Waals surface area contributed by atoms with E-state index in [1.165, 1.54) is 47.0 Å². The van der Waals surface area contributed by atoms with Crippen molar-refractivity contribution >= 4 is 5.97 Å². The van der Waals surface area contributed by atoms with Crippen LogP contribution in [-0.2, 0) is 23.7 Å². The first-order chi connectivity index (χ1) is 10.6. The molecule has 0 N–H and O–H groups in total. The van der Waals surface area contributed by atoms with Crippen molar-refractivity contribution in [2.75, 3.05) is 27.9 Å². The Kier molecular flexibility index (Phi) is 12.1. The minimum atomic E-state index is -1.19. The number of rotatable bonds is 14. The Bertz CT molecular complexity index is 291. The van der Waals surface area contributed by atoms with E-state index in [0.29, 0.717) is 0 Å². The molecule has 1 atom stereocenters. The maximum absolute atomic E-state index is 11.3. The van der Waals surface area contributed by atoms with Crippen LogP contribution in [0.1, 0.15) is 51.9 Å². The summed E-state index contributed by atoms with van der Waals surface area (Å²) in [5.74, 6) is -1.84. The lowest BCUT2D eigenvalue weighted by Crippen LogP contribution is -2.46. The third-order valence-corrected chi connectivity index (χ3v) is 3.85. The van der Waals surface area contributed by atoms with E-state index >= 15 is 0 Å². The number of methoxy groups -OCH3 is 3. The number of hydrogen-bond donors (Lipinski definition) is 0. The molecular formula is C17H32O5. The highest BCUT2D eigenvalue weighted by atomic mass is 16.9. The molecule has 0 saturated heterocycles. The standard InChI is InChI=1S/C17H32O5/c1-6-8-9-10-11-12-13-15(14-22-16(18)7-2)17(19-3,20-4)21-5/h7,15H,2,6,8-14H2,1,3-5H3. The lowest BCUT2D eigenvalue weighted by atomic mass is 9.98. The van der Waals surface area contributed by atoms with Gasteiger partial charge in [0.15, 0.2) is 0 Å². The zero-order chi connectivity index (χ0) is 16.8. The van der Waals surface area contributed by atoms with Gasteiger partial charge in [0.25, 0.3) is 5.97 Å². The topological polar surface area (TPSA) is 54.0 Å². The Labute approximate surface area is 135 Å². The van der Waals surface area contributed by atoms with Crippen LogP contribution in [0.4, 0.5) is 0 Å². The molecule has 0 heterocycles. The third kappa shape index (κ3) is 7.38. The maximum atomic E-state index is 11.3. The van der Waals surface area contributed by atoms with Gasteiger partial charge in [-0.05, 0) is 6.42 Å². The van der Waals surface area contributed by atoms with Crippen LogP contribution in [0.15, 0.2) is 12.7 Å². The summed E-state index contributed by atoms with van der Waals surface area (Å²) in [6, 6.07) is 0. The first-order valence-electron chi connectivity index (χ1n) is 8.04. The van der Waals surface area contributed by atoms with Crippen molar-refractivity contribution in [1.29, 1.82) is 0 Å². The van der Waals surface area contributed by atoms with Crippen LogP contribution in [0.3, 0.4) is 0 Å². The SMILES string of the molecule is C=CC(=O)OCC(CCCCCCCC)C(OC)(OC)OC. The van der Waals surface area contributed by atoms with Crippen LogP contribution in [-0.4, -0.2) is 39.9 Å². The van der Waals surface area contributed by atoms with Crippen molar-refractivity contribution in [2.45, 2.75) is 57.8 Å². The Balaban J connectivity index is 4.50. The summed E-state index contributed by atoms with van der Waals surface area (Å²) < 4.78 is 21.4. The summed E-state index contributed by atoms with van der Waals surface area (Å²) in [5, 5.41) is 0. The molecule has 0 bridgehead atoms. The number of carbonyl (C=O) groups is 1. The van der Waals surface area contributed by atoms with Crippen molar-refractivity contribution < 1.29 is 23.7 Å². The Hall–Kier alpha value is -0.910. The quantitative estimate of drug-likeness (QED) is 0.212. The van der Waals surface area contributed by atoms with Crippen LogP contribution in [0.5, 0.6) is 0 Å². The predicted molar refractivity (Wildman–Crippen MR) is 86.4 cm³/mol. The average molecular weight is 316 g/mol. The summed E-state index contributed by atoms with van der Waals surface area (Å²) in [5.41, 5.74) is 0. The molecule has 0 amide bonds. The van der Waals surface area contributed by atoms with Crippen LogP contribution < -0.4 is 0 Å². The fraction of sp³-hybridized carbons (Fsp3) is 0.824. The van der Waals surface area contributed by atoms with Crippen LogP contribution in [0.2, 0.25) is 0 Å². The molecule has 5 nitrogen and oxygen atoms in total. The second-order valence-corrected chi connectivity index (χ2v) is 5.30. The Morgan fingerprint density at radius 3 is 2.09 bits per heavy atom. The minimum Gasteiger partial charge on any atom is -0.462 e. The Morgan fingerprint density at radius 2 is 1.59 bits per heavy atom. The van der Waals surface area contributed by atoms with Gasteiger partial charge in [0.2, 0.25) is 0 Å². The Morgan fingerprint density at radius 1 is 1.05 bits per heavy atom. The molecule has 0 aromatic rings. The van der Waals surface area contributed by atoms with Gasteiger partial charge < -0.3 is 18.9 Å². The fourth-order valence-corrected chi connectivity index (χ4v) is 2.52. The van der Waals surface area contributed by atoms with E-state index in [9.17, 15) is 4.79 Å². The minimum absolute atomic E-state index is 0.176. The predicted octanol–water partition coefficient (Wildman–Crippen LogP) is 3.68. The van der Waals surface area contributed by atoms with E-state index in [4.69, 9.17) is 18.9 Å². The third-order valence-electron chi connectivity index (χ3n) is 3.85. The summed E-state index contributed by atoms with van der Waals surface area (Å²) in [6.07, 6.45) is 9.08. The normalized spacial score (nSPS) is 12.9. The fourth-order valence-electron chi connectivity index (χ4n) is 2.52. The van der Waals surface area contributed by atoms with Crippen molar-refractivity contribution in [3.05, 3.63) is 12.7 Å². The van der Waals surface area contributed by atoms with Crippen molar-refractivity contribution in [1.82, 2.24) is 0 Å². The van der Waals surface area contributed by atoms with Crippen LogP contribution in [0, 0.1) is 5.92 Å². The van der Waals surface area contributed by atoms with Crippen molar-refractivity contribution in [3.63, 3.8) is 0 Å². The smallest absolute Gasteiger partial charge is 0.330 e. The molecule has 0 saturated carbocycles. The van der Waals surface area contributed by atoms with E-state index < -0.39 is 11.9 Å². The van der Waals surface area contributed by atoms with Gasteiger partial charge in [-0.2, -0.15) is 0 Å². The van der Waals surface area contributed by atoms with Gasteiger partial charge in [0.1, 0.15) is 6.61 Å². The zero-order valence-corrected chi connectivity index (χ0v) is 14.6. The van der Waals surface area contributed by atoms with E-state index in [-0.39, 0.29) is 12.5 Å². The molecule has 0 aromatic carbocycles. The van der Waals surface area contributed by atoms with Gasteiger partial charge in [0, 0.05) is 27.4 Å². The molecule has 1 unspecified atom stereocenters. The summed E-state index contributed by atoms with van der Waals surface area (Å²) >= 11 is 0. The van der Waals surface area contributed by atoms with Gasteiger partial charge in [-0.1, -0.05) is 52.0 Å². The highest BCUT2D eigenvalue weighted by Gasteiger charge is 2.40. The lowest BCUT2D eigenvalue weighted by Gasteiger charge is -2.36. The molecule has 0 aliphatic carbocycles. The second-order valence-electron chi connectivity index (χ2n) is 5.30. The average Bonchev–Trinajstić information content (AvgIpc) is 2.56. The maximum Gasteiger partial charge on any atom is 0.330 e. The highest BCUT2D eigenvalue weighted by molar-refractivity contribution is 5.81.